The smallest absolute Gasteiger partial charge is 0.165 e. The summed E-state index contributed by atoms with van der Waals surface area (Å²) in [7, 11) is 4.23. The average molecular weight is 455 g/mol. The molecule has 2 N–H and O–H groups in total. The van der Waals surface area contributed by atoms with E-state index in [9.17, 15) is 10.2 Å². The summed E-state index contributed by atoms with van der Waals surface area (Å²) in [6.07, 6.45) is 8.26. The van der Waals surface area contributed by atoms with Gasteiger partial charge in [0.2, 0.25) is 0 Å². The number of fused-ring (bicyclic) bond motifs is 2. The number of aromatic hydroxyl groups is 2. The number of benzene rings is 3. The van der Waals surface area contributed by atoms with Crippen LogP contribution in [0.1, 0.15) is 35.2 Å². The molecule has 5 rings (SSSR count). The van der Waals surface area contributed by atoms with E-state index in [0.717, 1.165) is 42.5 Å². The number of terminal acetylenes is 1. The molecule has 3 aromatic rings. The van der Waals surface area contributed by atoms with Crippen LogP contribution in [-0.4, -0.2) is 53.2 Å². The summed E-state index contributed by atoms with van der Waals surface area (Å²) in [4.78, 5) is 4.58. The van der Waals surface area contributed by atoms with Crippen LogP contribution in [0.15, 0.2) is 60.7 Å². The molecule has 3 aromatic carbocycles. The predicted molar refractivity (Wildman–Crippen MR) is 139 cm³/mol. The van der Waals surface area contributed by atoms with Gasteiger partial charge in [-0.25, -0.2) is 0 Å². The first-order valence-electron chi connectivity index (χ1n) is 11.9. The van der Waals surface area contributed by atoms with Crippen LogP contribution in [0.3, 0.4) is 0 Å². The summed E-state index contributed by atoms with van der Waals surface area (Å²) in [5, 5.41) is 20.1. The summed E-state index contributed by atoms with van der Waals surface area (Å²) in [5.74, 6) is 2.64. The lowest BCUT2D eigenvalue weighted by Gasteiger charge is -2.39. The molecular formula is C30H34N2O2. The van der Waals surface area contributed by atoms with E-state index >= 15 is 0 Å². The Hall–Kier alpha value is -3.26. The number of likely N-dealkylation sites (N-methyl/N-ethyl adjacent to an activating group) is 2. The van der Waals surface area contributed by atoms with Gasteiger partial charge in [-0.1, -0.05) is 60.5 Å². The van der Waals surface area contributed by atoms with Crippen LogP contribution in [0, 0.1) is 12.3 Å². The Morgan fingerprint density at radius 1 is 1.06 bits per heavy atom. The van der Waals surface area contributed by atoms with Gasteiger partial charge in [0.25, 0.3) is 0 Å². The zero-order valence-corrected chi connectivity index (χ0v) is 20.3. The van der Waals surface area contributed by atoms with E-state index in [4.69, 9.17) is 6.42 Å². The third-order valence-electron chi connectivity index (χ3n) is 7.19. The van der Waals surface area contributed by atoms with Crippen LogP contribution >= 0.6 is 0 Å². The fourth-order valence-electron chi connectivity index (χ4n) is 5.09. The van der Waals surface area contributed by atoms with Crippen molar-refractivity contribution in [2.24, 2.45) is 0 Å². The van der Waals surface area contributed by atoms with Crippen molar-refractivity contribution in [1.29, 1.82) is 0 Å². The summed E-state index contributed by atoms with van der Waals surface area (Å²) < 4.78 is 0. The van der Waals surface area contributed by atoms with Gasteiger partial charge in [-0.2, -0.15) is 0 Å². The lowest BCUT2D eigenvalue weighted by atomic mass is 9.77. The maximum absolute atomic E-state index is 10.3. The Morgan fingerprint density at radius 3 is 2.56 bits per heavy atom. The van der Waals surface area contributed by atoms with Gasteiger partial charge < -0.3 is 10.2 Å². The zero-order chi connectivity index (χ0) is 24.2. The Bertz CT molecular complexity index is 1180. The van der Waals surface area contributed by atoms with Crippen LogP contribution in [-0.2, 0) is 19.3 Å². The monoisotopic (exact) mass is 454 g/mol. The first kappa shape index (κ1) is 23.9. The highest BCUT2D eigenvalue weighted by Crippen LogP contribution is 2.49. The number of nitrogens with zero attached hydrogens (tertiary/aromatic N) is 2. The van der Waals surface area contributed by atoms with Crippen molar-refractivity contribution in [2.75, 3.05) is 27.2 Å². The van der Waals surface area contributed by atoms with Crippen LogP contribution in [0.25, 0.3) is 11.1 Å². The lowest BCUT2D eigenvalue weighted by molar-refractivity contribution is 0.228. The Morgan fingerprint density at radius 2 is 1.82 bits per heavy atom. The van der Waals surface area contributed by atoms with Crippen molar-refractivity contribution < 1.29 is 10.2 Å². The molecule has 1 aliphatic carbocycles. The molecule has 0 unspecified atom stereocenters. The fraction of sp³-hybridized carbons (Fsp3) is 0.333. The van der Waals surface area contributed by atoms with E-state index < -0.39 is 0 Å². The molecule has 0 amide bonds. The van der Waals surface area contributed by atoms with Crippen molar-refractivity contribution in [3.05, 3.63) is 82.9 Å². The van der Waals surface area contributed by atoms with Crippen molar-refractivity contribution >= 4 is 0 Å². The Labute approximate surface area is 203 Å². The minimum Gasteiger partial charge on any atom is -0.504 e. The minimum atomic E-state index is -0.0380. The molecule has 176 valence electrons. The second-order valence-electron chi connectivity index (χ2n) is 9.45. The zero-order valence-electron chi connectivity index (χ0n) is 20.3. The van der Waals surface area contributed by atoms with E-state index in [-0.39, 0.29) is 11.5 Å². The number of rotatable bonds is 4. The molecule has 0 spiro atoms. The summed E-state index contributed by atoms with van der Waals surface area (Å²) in [5.41, 5.74) is 7.07. The highest BCUT2D eigenvalue weighted by molar-refractivity contribution is 5.82. The van der Waals surface area contributed by atoms with Gasteiger partial charge >= 0.3 is 0 Å². The minimum absolute atomic E-state index is 0.0163. The standard InChI is InChI=1S/C17H17NO2.C13H17N/c1-18-8-7-10-3-2-4-12-15(10)13(18)9-11-5-6-14(19)17(20)16(11)12;1-4-10-14(3)12(2)11-13-8-6-5-7-9-13/h2-6,13,19-20H,7-9H2,1H3;1,5-9,12H,10-11H2,2-3H3/t13-;12-/m11/s1. The number of phenolic OH excluding ortho intramolecular Hbond substituents is 2. The predicted octanol–water partition coefficient (Wildman–Crippen LogP) is 5.03. The van der Waals surface area contributed by atoms with Crippen molar-refractivity contribution in [3.63, 3.8) is 0 Å². The first-order chi connectivity index (χ1) is 16.4. The number of hydrogen-bond acceptors (Lipinski definition) is 4. The van der Waals surface area contributed by atoms with E-state index in [1.165, 1.54) is 16.7 Å². The van der Waals surface area contributed by atoms with Crippen molar-refractivity contribution in [2.45, 2.75) is 38.3 Å². The molecular weight excluding hydrogens is 420 g/mol. The highest BCUT2D eigenvalue weighted by atomic mass is 16.3. The molecule has 0 bridgehead atoms. The molecule has 0 saturated carbocycles. The Kier molecular flexibility index (Phi) is 7.26. The van der Waals surface area contributed by atoms with E-state index in [1.807, 2.05) is 12.1 Å². The van der Waals surface area contributed by atoms with Crippen LogP contribution in [0.2, 0.25) is 0 Å². The van der Waals surface area contributed by atoms with E-state index in [1.54, 1.807) is 6.07 Å². The first-order valence-corrected chi connectivity index (χ1v) is 11.9. The average Bonchev–Trinajstić information content (AvgIpc) is 2.85. The van der Waals surface area contributed by atoms with Gasteiger partial charge in [-0.05, 0) is 74.2 Å². The summed E-state index contributed by atoms with van der Waals surface area (Å²) in [6, 6.07) is 21.2. The quantitative estimate of drug-likeness (QED) is 0.429. The summed E-state index contributed by atoms with van der Waals surface area (Å²) in [6.45, 7) is 3.98. The molecule has 0 aromatic heterocycles. The second kappa shape index (κ2) is 10.3. The van der Waals surface area contributed by atoms with Crippen molar-refractivity contribution in [1.82, 2.24) is 9.80 Å². The van der Waals surface area contributed by atoms with Gasteiger partial charge in [0.15, 0.2) is 11.5 Å². The largest absolute Gasteiger partial charge is 0.504 e. The molecule has 1 heterocycles. The molecule has 2 aliphatic rings. The molecule has 34 heavy (non-hydrogen) atoms. The maximum atomic E-state index is 10.3. The molecule has 2 atom stereocenters. The SMILES string of the molecule is C#CCN(C)[C@H](C)Cc1ccccc1.CN1CCc2cccc3c2[C@H]1Cc1ccc(O)c(O)c1-3. The van der Waals surface area contributed by atoms with Gasteiger partial charge in [0, 0.05) is 24.2 Å². The van der Waals surface area contributed by atoms with Crippen LogP contribution in [0.4, 0.5) is 0 Å². The third-order valence-corrected chi connectivity index (χ3v) is 7.19. The third kappa shape index (κ3) is 4.82. The lowest BCUT2D eigenvalue weighted by Crippen LogP contribution is -2.35. The molecule has 0 saturated heterocycles. The molecule has 4 heteroatoms. The topological polar surface area (TPSA) is 46.9 Å². The van der Waals surface area contributed by atoms with E-state index in [0.29, 0.717) is 18.6 Å². The maximum Gasteiger partial charge on any atom is 0.165 e. The molecule has 4 nitrogen and oxygen atoms in total. The van der Waals surface area contributed by atoms with Gasteiger partial charge in [-0.15, -0.1) is 6.42 Å². The second-order valence-corrected chi connectivity index (χ2v) is 9.45. The normalized spacial score (nSPS) is 17.1. The van der Waals surface area contributed by atoms with Crippen LogP contribution < -0.4 is 0 Å². The summed E-state index contributed by atoms with van der Waals surface area (Å²) >= 11 is 0. The van der Waals surface area contributed by atoms with Gasteiger partial charge in [0.05, 0.1) is 6.54 Å². The van der Waals surface area contributed by atoms with Gasteiger partial charge in [0.1, 0.15) is 0 Å². The van der Waals surface area contributed by atoms with Gasteiger partial charge in [-0.3, -0.25) is 9.80 Å². The Balaban J connectivity index is 0.000000173. The number of phenols is 2. The fourth-order valence-corrected chi connectivity index (χ4v) is 5.09. The van der Waals surface area contributed by atoms with Crippen molar-refractivity contribution in [3.8, 4) is 35.0 Å². The molecule has 0 radical (unpaired) electrons. The number of hydrogen-bond donors (Lipinski definition) is 2. The molecule has 1 aliphatic heterocycles. The highest BCUT2D eigenvalue weighted by Gasteiger charge is 2.34. The van der Waals surface area contributed by atoms with E-state index in [2.05, 4.69) is 79.2 Å². The van der Waals surface area contributed by atoms with Crippen LogP contribution in [0.5, 0.6) is 11.5 Å². The molecule has 0 fully saturated rings.